The van der Waals surface area contributed by atoms with Gasteiger partial charge in [-0.2, -0.15) is 0 Å². The van der Waals surface area contributed by atoms with Crippen LogP contribution in [0.25, 0.3) is 16.2 Å². The number of fused-ring (bicyclic) bond motifs is 1. The normalized spacial score (nSPS) is 11.0. The molecular formula is C18H14N2S. The molecule has 0 atom stereocenters. The van der Waals surface area contributed by atoms with Crippen LogP contribution >= 0.6 is 11.3 Å². The van der Waals surface area contributed by atoms with Gasteiger partial charge in [-0.25, -0.2) is 4.98 Å². The third-order valence-corrected chi connectivity index (χ3v) is 4.38. The largest absolute Gasteiger partial charge is 0.294 e. The highest BCUT2D eigenvalue weighted by atomic mass is 32.1. The van der Waals surface area contributed by atoms with Gasteiger partial charge < -0.3 is 0 Å². The van der Waals surface area contributed by atoms with E-state index >= 15 is 0 Å². The quantitative estimate of drug-likeness (QED) is 0.536. The molecule has 2 aromatic heterocycles. The van der Waals surface area contributed by atoms with E-state index in [0.717, 1.165) is 17.1 Å². The number of aromatic nitrogens is 2. The average molecular weight is 290 g/mol. The number of benzene rings is 2. The van der Waals surface area contributed by atoms with E-state index in [2.05, 4.69) is 70.6 Å². The van der Waals surface area contributed by atoms with E-state index in [0.29, 0.717) is 0 Å². The van der Waals surface area contributed by atoms with Crippen LogP contribution in [0.1, 0.15) is 11.3 Å². The van der Waals surface area contributed by atoms with E-state index in [4.69, 9.17) is 4.98 Å². The zero-order valence-corrected chi connectivity index (χ0v) is 12.3. The molecule has 2 aromatic carbocycles. The van der Waals surface area contributed by atoms with E-state index in [1.54, 1.807) is 11.3 Å². The van der Waals surface area contributed by atoms with Crippen molar-refractivity contribution in [2.24, 2.45) is 0 Å². The van der Waals surface area contributed by atoms with Crippen molar-refractivity contribution in [3.05, 3.63) is 83.5 Å². The first-order valence-corrected chi connectivity index (χ1v) is 7.83. The van der Waals surface area contributed by atoms with Crippen molar-refractivity contribution in [3.8, 4) is 11.3 Å². The number of hydrogen-bond acceptors (Lipinski definition) is 2. The molecule has 2 heterocycles. The molecule has 0 fully saturated rings. The highest BCUT2D eigenvalue weighted by Crippen LogP contribution is 2.28. The number of thiazole rings is 1. The van der Waals surface area contributed by atoms with E-state index < -0.39 is 0 Å². The average Bonchev–Trinajstić information content (AvgIpc) is 3.12. The van der Waals surface area contributed by atoms with Crippen molar-refractivity contribution >= 4 is 16.3 Å². The summed E-state index contributed by atoms with van der Waals surface area (Å²) < 4.78 is 2.21. The Morgan fingerprint density at radius 1 is 0.905 bits per heavy atom. The Morgan fingerprint density at radius 3 is 2.38 bits per heavy atom. The minimum Gasteiger partial charge on any atom is -0.294 e. The van der Waals surface area contributed by atoms with Crippen LogP contribution in [0.15, 0.2) is 72.2 Å². The van der Waals surface area contributed by atoms with Crippen molar-refractivity contribution in [1.29, 1.82) is 0 Å². The Morgan fingerprint density at radius 2 is 1.62 bits per heavy atom. The first kappa shape index (κ1) is 12.4. The lowest BCUT2D eigenvalue weighted by Gasteiger charge is -2.05. The van der Waals surface area contributed by atoms with Crippen LogP contribution in [0.5, 0.6) is 0 Å². The summed E-state index contributed by atoms with van der Waals surface area (Å²) in [5.41, 5.74) is 4.83. The Kier molecular flexibility index (Phi) is 3.05. The second-order valence-electron chi connectivity index (χ2n) is 4.99. The van der Waals surface area contributed by atoms with Gasteiger partial charge in [0.25, 0.3) is 0 Å². The van der Waals surface area contributed by atoms with E-state index in [1.807, 2.05) is 6.07 Å². The molecule has 21 heavy (non-hydrogen) atoms. The molecule has 0 amide bonds. The van der Waals surface area contributed by atoms with E-state index in [9.17, 15) is 0 Å². The molecule has 0 spiro atoms. The summed E-state index contributed by atoms with van der Waals surface area (Å²) in [7, 11) is 0. The highest BCUT2D eigenvalue weighted by Gasteiger charge is 2.14. The smallest absolute Gasteiger partial charge is 0.194 e. The summed E-state index contributed by atoms with van der Waals surface area (Å²) in [6.45, 7) is 0. The first-order valence-electron chi connectivity index (χ1n) is 6.95. The van der Waals surface area contributed by atoms with Crippen LogP contribution in [-0.4, -0.2) is 9.38 Å². The lowest BCUT2D eigenvalue weighted by molar-refractivity contribution is 1.04. The number of hydrogen-bond donors (Lipinski definition) is 0. The fourth-order valence-corrected chi connectivity index (χ4v) is 3.35. The zero-order valence-electron chi connectivity index (χ0n) is 11.4. The maximum atomic E-state index is 4.82. The van der Waals surface area contributed by atoms with Gasteiger partial charge >= 0.3 is 0 Å². The van der Waals surface area contributed by atoms with Crippen LogP contribution in [-0.2, 0) is 6.42 Å². The fraction of sp³-hybridized carbons (Fsp3) is 0.0556. The van der Waals surface area contributed by atoms with Gasteiger partial charge in [0, 0.05) is 23.6 Å². The van der Waals surface area contributed by atoms with Crippen molar-refractivity contribution in [2.45, 2.75) is 6.42 Å². The summed E-state index contributed by atoms with van der Waals surface area (Å²) in [4.78, 5) is 5.88. The molecule has 2 nitrogen and oxygen atoms in total. The number of nitrogens with zero attached hydrogens (tertiary/aromatic N) is 2. The predicted molar refractivity (Wildman–Crippen MR) is 87.8 cm³/mol. The van der Waals surface area contributed by atoms with Crippen LogP contribution < -0.4 is 0 Å². The Balaban J connectivity index is 1.87. The van der Waals surface area contributed by atoms with E-state index in [-0.39, 0.29) is 0 Å². The second kappa shape index (κ2) is 5.19. The van der Waals surface area contributed by atoms with Crippen molar-refractivity contribution in [2.75, 3.05) is 0 Å². The maximum Gasteiger partial charge on any atom is 0.194 e. The Bertz CT molecular complexity index is 860. The molecule has 102 valence electrons. The lowest BCUT2D eigenvalue weighted by atomic mass is 10.0. The summed E-state index contributed by atoms with van der Waals surface area (Å²) in [6, 6.07) is 21.0. The molecule has 0 bridgehead atoms. The van der Waals surface area contributed by atoms with Gasteiger partial charge in [0.2, 0.25) is 0 Å². The Labute approximate surface area is 127 Å². The lowest BCUT2D eigenvalue weighted by Crippen LogP contribution is -1.95. The first-order chi connectivity index (χ1) is 10.4. The number of imidazole rings is 1. The van der Waals surface area contributed by atoms with Crippen molar-refractivity contribution < 1.29 is 0 Å². The topological polar surface area (TPSA) is 17.3 Å². The summed E-state index contributed by atoms with van der Waals surface area (Å²) in [5, 5.41) is 2.09. The molecule has 0 saturated heterocycles. The minimum atomic E-state index is 0.892. The second-order valence-corrected chi connectivity index (χ2v) is 5.86. The van der Waals surface area contributed by atoms with Gasteiger partial charge in [0.1, 0.15) is 0 Å². The van der Waals surface area contributed by atoms with Crippen molar-refractivity contribution in [3.63, 3.8) is 0 Å². The highest BCUT2D eigenvalue weighted by molar-refractivity contribution is 7.15. The summed E-state index contributed by atoms with van der Waals surface area (Å²) in [5.74, 6) is 0. The molecule has 0 aliphatic rings. The minimum absolute atomic E-state index is 0.892. The molecule has 0 saturated carbocycles. The molecule has 0 aliphatic carbocycles. The van der Waals surface area contributed by atoms with Crippen LogP contribution in [0, 0.1) is 0 Å². The van der Waals surface area contributed by atoms with Gasteiger partial charge in [-0.3, -0.25) is 4.40 Å². The molecule has 0 N–H and O–H groups in total. The Hall–Kier alpha value is -2.39. The summed E-state index contributed by atoms with van der Waals surface area (Å²) >= 11 is 1.68. The molecule has 0 radical (unpaired) electrons. The molecule has 4 rings (SSSR count). The monoisotopic (exact) mass is 290 g/mol. The SMILES string of the molecule is c1ccc(Cc2c(-c3ccccc3)nc3sccn23)cc1. The molecule has 0 aliphatic heterocycles. The van der Waals surface area contributed by atoms with Crippen LogP contribution in [0.3, 0.4) is 0 Å². The maximum absolute atomic E-state index is 4.82. The van der Waals surface area contributed by atoms with Gasteiger partial charge in [0.05, 0.1) is 11.4 Å². The van der Waals surface area contributed by atoms with Gasteiger partial charge in [-0.15, -0.1) is 11.3 Å². The van der Waals surface area contributed by atoms with Gasteiger partial charge in [-0.1, -0.05) is 60.7 Å². The van der Waals surface area contributed by atoms with Gasteiger partial charge in [0.15, 0.2) is 4.96 Å². The molecule has 4 aromatic rings. The standard InChI is InChI=1S/C18H14N2S/c1-3-7-14(8-4-1)13-16-17(15-9-5-2-6-10-15)19-18-20(16)11-12-21-18/h1-12H,13H2. The third kappa shape index (κ3) is 2.26. The predicted octanol–water partition coefficient (Wildman–Crippen LogP) is 4.65. The molecule has 0 unspecified atom stereocenters. The van der Waals surface area contributed by atoms with E-state index in [1.165, 1.54) is 16.8 Å². The van der Waals surface area contributed by atoms with Crippen LogP contribution in [0.4, 0.5) is 0 Å². The summed E-state index contributed by atoms with van der Waals surface area (Å²) in [6.07, 6.45) is 3.00. The van der Waals surface area contributed by atoms with Crippen LogP contribution in [0.2, 0.25) is 0 Å². The fourth-order valence-electron chi connectivity index (χ4n) is 2.62. The van der Waals surface area contributed by atoms with Gasteiger partial charge in [-0.05, 0) is 5.56 Å². The van der Waals surface area contributed by atoms with Crippen molar-refractivity contribution in [1.82, 2.24) is 9.38 Å². The third-order valence-electron chi connectivity index (χ3n) is 3.62. The number of rotatable bonds is 3. The zero-order chi connectivity index (χ0) is 14.1. The molecule has 3 heteroatoms. The molecular weight excluding hydrogens is 276 g/mol.